The SMILES string of the molecule is C=CCC1(C(=O)OC)CCNCC1. The van der Waals surface area contributed by atoms with E-state index in [0.717, 1.165) is 32.4 Å². The molecule has 0 spiro atoms. The van der Waals surface area contributed by atoms with Crippen molar-refractivity contribution >= 4 is 5.97 Å². The fourth-order valence-corrected chi connectivity index (χ4v) is 1.89. The van der Waals surface area contributed by atoms with E-state index in [1.807, 2.05) is 6.08 Å². The average molecular weight is 183 g/mol. The Hall–Kier alpha value is -0.830. The molecule has 0 bridgehead atoms. The van der Waals surface area contributed by atoms with E-state index in [0.29, 0.717) is 0 Å². The second kappa shape index (κ2) is 4.42. The number of allylic oxidation sites excluding steroid dienone is 1. The molecule has 0 aromatic carbocycles. The van der Waals surface area contributed by atoms with Crippen LogP contribution in [0, 0.1) is 5.41 Å². The molecule has 0 atom stereocenters. The van der Waals surface area contributed by atoms with Crippen LogP contribution in [0.15, 0.2) is 12.7 Å². The van der Waals surface area contributed by atoms with Crippen LogP contribution >= 0.6 is 0 Å². The zero-order chi connectivity index (χ0) is 9.73. The molecule has 1 heterocycles. The van der Waals surface area contributed by atoms with Gasteiger partial charge in [-0.2, -0.15) is 0 Å². The molecule has 1 rings (SSSR count). The molecular formula is C10H17NO2. The Kier molecular flexibility index (Phi) is 3.48. The first-order valence-electron chi connectivity index (χ1n) is 4.65. The van der Waals surface area contributed by atoms with Crippen molar-refractivity contribution in [1.82, 2.24) is 5.32 Å². The molecule has 3 heteroatoms. The zero-order valence-corrected chi connectivity index (χ0v) is 8.14. The molecule has 1 aliphatic rings. The predicted octanol–water partition coefficient (Wildman–Crippen LogP) is 1.11. The van der Waals surface area contributed by atoms with E-state index in [9.17, 15) is 4.79 Å². The highest BCUT2D eigenvalue weighted by atomic mass is 16.5. The van der Waals surface area contributed by atoms with Gasteiger partial charge in [0.05, 0.1) is 12.5 Å². The van der Waals surface area contributed by atoms with Crippen molar-refractivity contribution in [3.63, 3.8) is 0 Å². The molecule has 0 saturated carbocycles. The lowest BCUT2D eigenvalue weighted by atomic mass is 9.76. The molecule has 1 N–H and O–H groups in total. The van der Waals surface area contributed by atoms with Gasteiger partial charge in [-0.05, 0) is 32.4 Å². The Balaban J connectivity index is 2.71. The average Bonchev–Trinajstić information content (AvgIpc) is 2.18. The van der Waals surface area contributed by atoms with Crippen molar-refractivity contribution in [1.29, 1.82) is 0 Å². The lowest BCUT2D eigenvalue weighted by molar-refractivity contribution is -0.154. The molecular weight excluding hydrogens is 166 g/mol. The summed E-state index contributed by atoms with van der Waals surface area (Å²) in [7, 11) is 1.45. The van der Waals surface area contributed by atoms with E-state index in [1.54, 1.807) is 0 Å². The second-order valence-corrected chi connectivity index (χ2v) is 3.51. The molecule has 0 aromatic rings. The van der Waals surface area contributed by atoms with E-state index >= 15 is 0 Å². The summed E-state index contributed by atoms with van der Waals surface area (Å²) in [5, 5.41) is 3.23. The van der Waals surface area contributed by atoms with E-state index in [4.69, 9.17) is 4.74 Å². The van der Waals surface area contributed by atoms with Gasteiger partial charge in [0.25, 0.3) is 0 Å². The summed E-state index contributed by atoms with van der Waals surface area (Å²) in [4.78, 5) is 11.6. The summed E-state index contributed by atoms with van der Waals surface area (Å²) in [6.45, 7) is 5.47. The standard InChI is InChI=1S/C10H17NO2/c1-3-4-10(9(12)13-2)5-7-11-8-6-10/h3,11H,1,4-8H2,2H3. The topological polar surface area (TPSA) is 38.3 Å². The van der Waals surface area contributed by atoms with Crippen molar-refractivity contribution in [2.75, 3.05) is 20.2 Å². The molecule has 0 radical (unpaired) electrons. The smallest absolute Gasteiger partial charge is 0.312 e. The number of carbonyl (C=O) groups excluding carboxylic acids is 1. The summed E-state index contributed by atoms with van der Waals surface area (Å²) in [6.07, 6.45) is 4.24. The molecule has 13 heavy (non-hydrogen) atoms. The number of piperidine rings is 1. The van der Waals surface area contributed by atoms with Crippen molar-refractivity contribution < 1.29 is 9.53 Å². The number of hydrogen-bond acceptors (Lipinski definition) is 3. The molecule has 74 valence electrons. The summed E-state index contributed by atoms with van der Waals surface area (Å²) in [5.41, 5.74) is -0.304. The highest BCUT2D eigenvalue weighted by Gasteiger charge is 2.39. The third-order valence-corrected chi connectivity index (χ3v) is 2.71. The van der Waals surface area contributed by atoms with Gasteiger partial charge in [-0.25, -0.2) is 0 Å². The first-order chi connectivity index (χ1) is 6.25. The molecule has 3 nitrogen and oxygen atoms in total. The summed E-state index contributed by atoms with van der Waals surface area (Å²) in [6, 6.07) is 0. The number of hydrogen-bond donors (Lipinski definition) is 1. The molecule has 0 aromatic heterocycles. The lowest BCUT2D eigenvalue weighted by Gasteiger charge is -2.33. The van der Waals surface area contributed by atoms with E-state index in [2.05, 4.69) is 11.9 Å². The molecule has 1 saturated heterocycles. The maximum absolute atomic E-state index is 11.6. The van der Waals surface area contributed by atoms with Gasteiger partial charge in [-0.3, -0.25) is 4.79 Å². The minimum absolute atomic E-state index is 0.0890. The zero-order valence-electron chi connectivity index (χ0n) is 8.14. The Morgan fingerprint density at radius 1 is 1.62 bits per heavy atom. The molecule has 0 amide bonds. The number of rotatable bonds is 3. The number of esters is 1. The van der Waals surface area contributed by atoms with E-state index in [-0.39, 0.29) is 11.4 Å². The van der Waals surface area contributed by atoms with E-state index < -0.39 is 0 Å². The van der Waals surface area contributed by atoms with Crippen molar-refractivity contribution in [2.45, 2.75) is 19.3 Å². The number of ether oxygens (including phenoxy) is 1. The molecule has 0 aliphatic carbocycles. The maximum atomic E-state index is 11.6. The van der Waals surface area contributed by atoms with Gasteiger partial charge >= 0.3 is 5.97 Å². The van der Waals surface area contributed by atoms with Crippen molar-refractivity contribution in [3.8, 4) is 0 Å². The minimum Gasteiger partial charge on any atom is -0.469 e. The second-order valence-electron chi connectivity index (χ2n) is 3.51. The third-order valence-electron chi connectivity index (χ3n) is 2.71. The first kappa shape index (κ1) is 10.3. The van der Waals surface area contributed by atoms with Gasteiger partial charge in [0.2, 0.25) is 0 Å². The van der Waals surface area contributed by atoms with E-state index in [1.165, 1.54) is 7.11 Å². The molecule has 1 fully saturated rings. The van der Waals surface area contributed by atoms with Crippen LogP contribution in [0.3, 0.4) is 0 Å². The van der Waals surface area contributed by atoms with Gasteiger partial charge in [0.15, 0.2) is 0 Å². The summed E-state index contributed by atoms with van der Waals surface area (Å²) in [5.74, 6) is -0.0890. The Bertz CT molecular complexity index is 195. The van der Waals surface area contributed by atoms with Crippen LogP contribution in [0.5, 0.6) is 0 Å². The molecule has 0 unspecified atom stereocenters. The summed E-state index contributed by atoms with van der Waals surface area (Å²) >= 11 is 0. The Morgan fingerprint density at radius 3 is 2.69 bits per heavy atom. The Morgan fingerprint density at radius 2 is 2.23 bits per heavy atom. The summed E-state index contributed by atoms with van der Waals surface area (Å²) < 4.78 is 4.83. The number of methoxy groups -OCH3 is 1. The first-order valence-corrected chi connectivity index (χ1v) is 4.65. The van der Waals surface area contributed by atoms with Gasteiger partial charge in [-0.1, -0.05) is 6.08 Å². The quantitative estimate of drug-likeness (QED) is 0.526. The highest BCUT2D eigenvalue weighted by Crippen LogP contribution is 2.34. The van der Waals surface area contributed by atoms with Crippen molar-refractivity contribution in [3.05, 3.63) is 12.7 Å². The fourth-order valence-electron chi connectivity index (χ4n) is 1.89. The van der Waals surface area contributed by atoms with Gasteiger partial charge in [0, 0.05) is 0 Å². The monoisotopic (exact) mass is 183 g/mol. The van der Waals surface area contributed by atoms with Crippen LogP contribution in [-0.4, -0.2) is 26.2 Å². The van der Waals surface area contributed by atoms with Crippen LogP contribution in [0.1, 0.15) is 19.3 Å². The normalized spacial score (nSPS) is 20.7. The van der Waals surface area contributed by atoms with Crippen LogP contribution in [-0.2, 0) is 9.53 Å². The highest BCUT2D eigenvalue weighted by molar-refractivity contribution is 5.77. The predicted molar refractivity (Wildman–Crippen MR) is 51.4 cm³/mol. The van der Waals surface area contributed by atoms with Crippen molar-refractivity contribution in [2.24, 2.45) is 5.41 Å². The van der Waals surface area contributed by atoms with Crippen LogP contribution < -0.4 is 5.32 Å². The lowest BCUT2D eigenvalue weighted by Crippen LogP contribution is -2.42. The maximum Gasteiger partial charge on any atom is 0.312 e. The number of nitrogens with one attached hydrogen (secondary N) is 1. The van der Waals surface area contributed by atoms with Gasteiger partial charge in [-0.15, -0.1) is 6.58 Å². The largest absolute Gasteiger partial charge is 0.469 e. The third kappa shape index (κ3) is 2.10. The van der Waals surface area contributed by atoms with Crippen LogP contribution in [0.25, 0.3) is 0 Å². The van der Waals surface area contributed by atoms with Gasteiger partial charge in [0.1, 0.15) is 0 Å². The minimum atomic E-state index is -0.304. The fraction of sp³-hybridized carbons (Fsp3) is 0.700. The van der Waals surface area contributed by atoms with Gasteiger partial charge < -0.3 is 10.1 Å². The Labute approximate surface area is 79.2 Å². The van der Waals surface area contributed by atoms with Crippen LogP contribution in [0.2, 0.25) is 0 Å². The molecule has 1 aliphatic heterocycles. The number of carbonyl (C=O) groups is 1. The van der Waals surface area contributed by atoms with Crippen LogP contribution in [0.4, 0.5) is 0 Å².